The molecule has 0 aliphatic heterocycles. The molecule has 0 heterocycles. The SMILES string of the molecule is Cc1ccc(C)c(S(=O)(=O)Nc2c(Br)cccc2Br)c1N. The summed E-state index contributed by atoms with van der Waals surface area (Å²) in [5.74, 6) is 0. The minimum atomic E-state index is -3.78. The van der Waals surface area contributed by atoms with Crippen LogP contribution < -0.4 is 10.5 Å². The van der Waals surface area contributed by atoms with Crippen molar-refractivity contribution in [1.82, 2.24) is 0 Å². The highest BCUT2D eigenvalue weighted by Crippen LogP contribution is 2.34. The number of halogens is 2. The van der Waals surface area contributed by atoms with Crippen LogP contribution >= 0.6 is 31.9 Å². The van der Waals surface area contributed by atoms with Crippen molar-refractivity contribution in [2.75, 3.05) is 10.5 Å². The standard InChI is InChI=1S/C14H14Br2N2O2S/c1-8-6-7-9(2)14(12(8)17)21(19,20)18-13-10(15)4-3-5-11(13)16/h3-7,18H,17H2,1-2H3. The summed E-state index contributed by atoms with van der Waals surface area (Å²) in [5, 5.41) is 0. The zero-order valence-corrected chi connectivity index (χ0v) is 15.4. The van der Waals surface area contributed by atoms with Gasteiger partial charge in [-0.3, -0.25) is 4.72 Å². The van der Waals surface area contributed by atoms with Gasteiger partial charge in [0.1, 0.15) is 4.90 Å². The Bertz CT molecular complexity index is 785. The van der Waals surface area contributed by atoms with E-state index in [2.05, 4.69) is 36.6 Å². The maximum absolute atomic E-state index is 12.7. The number of nitrogens with one attached hydrogen (secondary N) is 1. The van der Waals surface area contributed by atoms with Gasteiger partial charge in [-0.2, -0.15) is 0 Å². The zero-order chi connectivity index (χ0) is 15.8. The van der Waals surface area contributed by atoms with Crippen LogP contribution in [0.5, 0.6) is 0 Å². The van der Waals surface area contributed by atoms with Gasteiger partial charge in [0.25, 0.3) is 10.0 Å². The van der Waals surface area contributed by atoms with Crippen molar-refractivity contribution in [1.29, 1.82) is 0 Å². The summed E-state index contributed by atoms with van der Waals surface area (Å²) >= 11 is 6.67. The van der Waals surface area contributed by atoms with Gasteiger partial charge in [0.05, 0.1) is 11.4 Å². The molecule has 0 aliphatic rings. The minimum absolute atomic E-state index is 0.116. The quantitative estimate of drug-likeness (QED) is 0.712. The Kier molecular flexibility index (Phi) is 4.65. The molecule has 2 aromatic carbocycles. The third kappa shape index (κ3) is 3.25. The van der Waals surface area contributed by atoms with Crippen LogP contribution in [-0.4, -0.2) is 8.42 Å². The van der Waals surface area contributed by atoms with E-state index in [0.29, 0.717) is 20.2 Å². The molecule has 0 atom stereocenters. The second-order valence-electron chi connectivity index (χ2n) is 4.64. The van der Waals surface area contributed by atoms with E-state index in [1.807, 2.05) is 0 Å². The number of hydrogen-bond donors (Lipinski definition) is 2. The average molecular weight is 434 g/mol. The van der Waals surface area contributed by atoms with E-state index in [9.17, 15) is 8.42 Å². The van der Waals surface area contributed by atoms with E-state index < -0.39 is 10.0 Å². The van der Waals surface area contributed by atoms with Crippen molar-refractivity contribution in [2.45, 2.75) is 18.7 Å². The lowest BCUT2D eigenvalue weighted by atomic mass is 10.1. The largest absolute Gasteiger partial charge is 0.397 e. The van der Waals surface area contributed by atoms with Gasteiger partial charge in [0.15, 0.2) is 0 Å². The molecule has 0 spiro atoms. The van der Waals surface area contributed by atoms with E-state index in [4.69, 9.17) is 5.73 Å². The van der Waals surface area contributed by atoms with Crippen LogP contribution in [0.4, 0.5) is 11.4 Å². The fraction of sp³-hybridized carbons (Fsp3) is 0.143. The minimum Gasteiger partial charge on any atom is -0.397 e. The lowest BCUT2D eigenvalue weighted by Gasteiger charge is -2.16. The first-order valence-corrected chi connectivity index (χ1v) is 9.13. The maximum Gasteiger partial charge on any atom is 0.264 e. The Morgan fingerprint density at radius 1 is 1.00 bits per heavy atom. The van der Waals surface area contributed by atoms with Gasteiger partial charge >= 0.3 is 0 Å². The van der Waals surface area contributed by atoms with Crippen molar-refractivity contribution in [3.8, 4) is 0 Å². The normalized spacial score (nSPS) is 11.4. The van der Waals surface area contributed by atoms with Gasteiger partial charge < -0.3 is 5.73 Å². The van der Waals surface area contributed by atoms with Crippen LogP contribution in [0.25, 0.3) is 0 Å². The van der Waals surface area contributed by atoms with Crippen molar-refractivity contribution >= 4 is 53.3 Å². The molecule has 4 nitrogen and oxygen atoms in total. The van der Waals surface area contributed by atoms with E-state index in [-0.39, 0.29) is 10.6 Å². The summed E-state index contributed by atoms with van der Waals surface area (Å²) in [7, 11) is -3.78. The van der Waals surface area contributed by atoms with Gasteiger partial charge in [-0.05, 0) is 69.0 Å². The molecular formula is C14H14Br2N2O2S. The molecule has 0 bridgehead atoms. The fourth-order valence-corrected chi connectivity index (χ4v) is 4.94. The van der Waals surface area contributed by atoms with Gasteiger partial charge in [-0.25, -0.2) is 8.42 Å². The van der Waals surface area contributed by atoms with E-state index >= 15 is 0 Å². The molecule has 3 N–H and O–H groups in total. The van der Waals surface area contributed by atoms with Gasteiger partial charge in [0.2, 0.25) is 0 Å². The molecule has 7 heteroatoms. The van der Waals surface area contributed by atoms with E-state index in [1.165, 1.54) is 0 Å². The monoisotopic (exact) mass is 432 g/mol. The molecule has 2 aromatic rings. The number of para-hydroxylation sites is 1. The summed E-state index contributed by atoms with van der Waals surface area (Å²) in [4.78, 5) is 0.116. The fourth-order valence-electron chi connectivity index (χ4n) is 1.94. The molecule has 2 rings (SSSR count). The maximum atomic E-state index is 12.7. The smallest absolute Gasteiger partial charge is 0.264 e. The molecule has 0 saturated heterocycles. The predicted octanol–water partition coefficient (Wildman–Crippen LogP) is 4.21. The average Bonchev–Trinajstić information content (AvgIpc) is 2.39. The number of nitrogen functional groups attached to an aromatic ring is 1. The molecule has 0 saturated carbocycles. The van der Waals surface area contributed by atoms with Gasteiger partial charge in [-0.1, -0.05) is 18.2 Å². The molecule has 112 valence electrons. The van der Waals surface area contributed by atoms with Crippen LogP contribution in [0.15, 0.2) is 44.2 Å². The predicted molar refractivity (Wildman–Crippen MR) is 93.0 cm³/mol. The number of aryl methyl sites for hydroxylation is 2. The van der Waals surface area contributed by atoms with Crippen LogP contribution in [0, 0.1) is 13.8 Å². The first-order valence-electron chi connectivity index (χ1n) is 6.06. The third-order valence-electron chi connectivity index (χ3n) is 3.08. The molecule has 0 aromatic heterocycles. The number of benzene rings is 2. The Hall–Kier alpha value is -1.05. The lowest BCUT2D eigenvalue weighted by Crippen LogP contribution is -2.17. The molecular weight excluding hydrogens is 420 g/mol. The van der Waals surface area contributed by atoms with Crippen molar-refractivity contribution in [3.63, 3.8) is 0 Å². The van der Waals surface area contributed by atoms with Crippen molar-refractivity contribution in [3.05, 3.63) is 50.4 Å². The van der Waals surface area contributed by atoms with Crippen LogP contribution in [0.2, 0.25) is 0 Å². The lowest BCUT2D eigenvalue weighted by molar-refractivity contribution is 0.601. The third-order valence-corrected chi connectivity index (χ3v) is 5.95. The second kappa shape index (κ2) is 5.98. The Balaban J connectivity index is 2.57. The first-order chi connectivity index (χ1) is 9.74. The number of anilines is 2. The zero-order valence-electron chi connectivity index (χ0n) is 11.4. The summed E-state index contributed by atoms with van der Waals surface area (Å²) in [6.45, 7) is 3.50. The number of nitrogens with two attached hydrogens (primary N) is 1. The van der Waals surface area contributed by atoms with Crippen LogP contribution in [0.1, 0.15) is 11.1 Å². The first kappa shape index (κ1) is 16.3. The Morgan fingerprint density at radius 3 is 2.10 bits per heavy atom. The van der Waals surface area contributed by atoms with Crippen molar-refractivity contribution < 1.29 is 8.42 Å². The Labute approximate surface area is 141 Å². The van der Waals surface area contributed by atoms with Crippen molar-refractivity contribution in [2.24, 2.45) is 0 Å². The molecule has 21 heavy (non-hydrogen) atoms. The van der Waals surface area contributed by atoms with Crippen LogP contribution in [0.3, 0.4) is 0 Å². The summed E-state index contributed by atoms with van der Waals surface area (Å²) in [6.07, 6.45) is 0. The van der Waals surface area contributed by atoms with E-state index in [0.717, 1.165) is 5.56 Å². The highest BCUT2D eigenvalue weighted by Gasteiger charge is 2.23. The van der Waals surface area contributed by atoms with E-state index in [1.54, 1.807) is 44.2 Å². The van der Waals surface area contributed by atoms with Gasteiger partial charge in [-0.15, -0.1) is 0 Å². The molecule has 0 amide bonds. The number of sulfonamides is 1. The molecule has 0 radical (unpaired) electrons. The number of rotatable bonds is 3. The number of hydrogen-bond acceptors (Lipinski definition) is 3. The van der Waals surface area contributed by atoms with Crippen LogP contribution in [-0.2, 0) is 10.0 Å². The highest BCUT2D eigenvalue weighted by molar-refractivity contribution is 9.11. The Morgan fingerprint density at radius 2 is 1.52 bits per heavy atom. The second-order valence-corrected chi connectivity index (χ2v) is 7.97. The highest BCUT2D eigenvalue weighted by atomic mass is 79.9. The molecule has 0 aliphatic carbocycles. The molecule has 0 fully saturated rings. The topological polar surface area (TPSA) is 72.2 Å². The summed E-state index contributed by atoms with van der Waals surface area (Å²) < 4.78 is 29.2. The van der Waals surface area contributed by atoms with Gasteiger partial charge in [0, 0.05) is 8.95 Å². The summed E-state index contributed by atoms with van der Waals surface area (Å²) in [5.41, 5.74) is 8.00. The summed E-state index contributed by atoms with van der Waals surface area (Å²) in [6, 6.07) is 8.87. The molecule has 0 unspecified atom stereocenters.